The van der Waals surface area contributed by atoms with Crippen LogP contribution in [-0.4, -0.2) is 44.8 Å². The summed E-state index contributed by atoms with van der Waals surface area (Å²) in [6, 6.07) is 8.98. The van der Waals surface area contributed by atoms with Gasteiger partial charge in [0.15, 0.2) is 0 Å². The van der Waals surface area contributed by atoms with Crippen molar-refractivity contribution in [3.63, 3.8) is 0 Å². The van der Waals surface area contributed by atoms with E-state index in [0.717, 1.165) is 32.7 Å². The Morgan fingerprint density at radius 2 is 2.05 bits per heavy atom. The average molecular weight is 264 g/mol. The molecule has 0 aliphatic carbocycles. The highest BCUT2D eigenvalue weighted by molar-refractivity contribution is 5.25. The largest absolute Gasteiger partial charge is 0.383 e. The van der Waals surface area contributed by atoms with Crippen LogP contribution in [0.5, 0.6) is 0 Å². The van der Waals surface area contributed by atoms with Gasteiger partial charge >= 0.3 is 0 Å². The maximum absolute atomic E-state index is 5.29. The van der Waals surface area contributed by atoms with E-state index in [9.17, 15) is 0 Å². The molecule has 19 heavy (non-hydrogen) atoms. The van der Waals surface area contributed by atoms with Crippen LogP contribution in [0.2, 0.25) is 0 Å². The number of nitrogens with one attached hydrogen (secondary N) is 1. The number of hydrogen-bond donors (Lipinski definition) is 1. The maximum Gasteiger partial charge on any atom is 0.0628 e. The molecule has 1 aromatic carbocycles. The van der Waals surface area contributed by atoms with E-state index in [1.165, 1.54) is 11.1 Å². The minimum atomic E-state index is 0.402. The van der Waals surface area contributed by atoms with Crippen LogP contribution in [0.3, 0.4) is 0 Å². The molecule has 3 heteroatoms. The van der Waals surface area contributed by atoms with E-state index in [2.05, 4.69) is 55.4 Å². The van der Waals surface area contributed by atoms with E-state index in [4.69, 9.17) is 4.74 Å². The van der Waals surface area contributed by atoms with Gasteiger partial charge in [0.1, 0.15) is 0 Å². The van der Waals surface area contributed by atoms with Crippen LogP contribution in [0.4, 0.5) is 0 Å². The number of rotatable bonds is 9. The minimum Gasteiger partial charge on any atom is -0.383 e. The lowest BCUT2D eigenvalue weighted by atomic mass is 10.1. The normalized spacial score (nSPS) is 12.9. The molecule has 0 radical (unpaired) electrons. The third kappa shape index (κ3) is 6.19. The molecule has 0 aliphatic heterocycles. The average Bonchev–Trinajstić information content (AvgIpc) is 2.39. The van der Waals surface area contributed by atoms with E-state index in [1.54, 1.807) is 7.11 Å². The van der Waals surface area contributed by atoms with Crippen LogP contribution < -0.4 is 5.32 Å². The van der Waals surface area contributed by atoms with E-state index in [0.29, 0.717) is 6.04 Å². The molecule has 1 rings (SSSR count). The summed E-state index contributed by atoms with van der Waals surface area (Å²) in [4.78, 5) is 2.36. The number of ether oxygens (including phenoxy) is 1. The summed E-state index contributed by atoms with van der Waals surface area (Å²) < 4.78 is 5.29. The fraction of sp³-hybridized carbons (Fsp3) is 0.625. The highest BCUT2D eigenvalue weighted by atomic mass is 16.5. The molecule has 0 fully saturated rings. The lowest BCUT2D eigenvalue weighted by Crippen LogP contribution is -2.42. The molecule has 1 aromatic rings. The quantitative estimate of drug-likeness (QED) is 0.741. The Labute approximate surface area is 118 Å². The number of benzene rings is 1. The van der Waals surface area contributed by atoms with Gasteiger partial charge in [0.25, 0.3) is 0 Å². The first-order valence-electron chi connectivity index (χ1n) is 7.12. The third-order valence-electron chi connectivity index (χ3n) is 3.28. The van der Waals surface area contributed by atoms with Gasteiger partial charge in [0.05, 0.1) is 6.61 Å². The van der Waals surface area contributed by atoms with Gasteiger partial charge in [0.2, 0.25) is 0 Å². The molecule has 0 heterocycles. The molecular weight excluding hydrogens is 236 g/mol. The summed E-state index contributed by atoms with van der Waals surface area (Å²) in [6.45, 7) is 8.16. The van der Waals surface area contributed by atoms with Crippen LogP contribution >= 0.6 is 0 Å². The SMILES string of the molecule is CCCNC(COC)CN(C)Cc1ccccc1C. The first-order valence-corrected chi connectivity index (χ1v) is 7.12. The number of likely N-dealkylation sites (N-methyl/N-ethyl adjacent to an activating group) is 1. The number of nitrogens with zero attached hydrogens (tertiary/aromatic N) is 1. The van der Waals surface area contributed by atoms with Crippen molar-refractivity contribution in [2.45, 2.75) is 32.9 Å². The van der Waals surface area contributed by atoms with E-state index < -0.39 is 0 Å². The van der Waals surface area contributed by atoms with Crippen molar-refractivity contribution in [3.05, 3.63) is 35.4 Å². The van der Waals surface area contributed by atoms with Crippen LogP contribution in [0, 0.1) is 6.92 Å². The van der Waals surface area contributed by atoms with Gasteiger partial charge in [0, 0.05) is 26.2 Å². The Morgan fingerprint density at radius 3 is 2.68 bits per heavy atom. The fourth-order valence-corrected chi connectivity index (χ4v) is 2.24. The van der Waals surface area contributed by atoms with Gasteiger partial charge < -0.3 is 15.0 Å². The van der Waals surface area contributed by atoms with E-state index in [1.807, 2.05) is 0 Å². The van der Waals surface area contributed by atoms with Gasteiger partial charge in [-0.25, -0.2) is 0 Å². The minimum absolute atomic E-state index is 0.402. The van der Waals surface area contributed by atoms with Crippen molar-refractivity contribution in [1.29, 1.82) is 0 Å². The maximum atomic E-state index is 5.29. The lowest BCUT2D eigenvalue weighted by molar-refractivity contribution is 0.144. The lowest BCUT2D eigenvalue weighted by Gasteiger charge is -2.25. The standard InChI is InChI=1S/C16H28N2O/c1-5-10-17-16(13-19-4)12-18(3)11-15-9-7-6-8-14(15)2/h6-9,16-17H,5,10-13H2,1-4H3. The van der Waals surface area contributed by atoms with E-state index >= 15 is 0 Å². The Kier molecular flexibility index (Phi) is 7.72. The smallest absolute Gasteiger partial charge is 0.0628 e. The molecule has 3 nitrogen and oxygen atoms in total. The van der Waals surface area contributed by atoms with Crippen LogP contribution in [0.15, 0.2) is 24.3 Å². The second-order valence-corrected chi connectivity index (χ2v) is 5.23. The zero-order valence-corrected chi connectivity index (χ0v) is 12.8. The molecular formula is C16H28N2O. The molecule has 0 saturated heterocycles. The molecule has 1 unspecified atom stereocenters. The van der Waals surface area contributed by atoms with Gasteiger partial charge in [-0.05, 0) is 38.1 Å². The fourth-order valence-electron chi connectivity index (χ4n) is 2.24. The van der Waals surface area contributed by atoms with Crippen molar-refractivity contribution in [3.8, 4) is 0 Å². The molecule has 0 saturated carbocycles. The van der Waals surface area contributed by atoms with Gasteiger partial charge in [-0.15, -0.1) is 0 Å². The van der Waals surface area contributed by atoms with Crippen molar-refractivity contribution in [2.75, 3.05) is 33.9 Å². The molecule has 108 valence electrons. The van der Waals surface area contributed by atoms with Crippen LogP contribution in [0.1, 0.15) is 24.5 Å². The van der Waals surface area contributed by atoms with Crippen molar-refractivity contribution in [2.24, 2.45) is 0 Å². The number of methoxy groups -OCH3 is 1. The van der Waals surface area contributed by atoms with Crippen molar-refractivity contribution >= 4 is 0 Å². The van der Waals surface area contributed by atoms with Crippen LogP contribution in [-0.2, 0) is 11.3 Å². The van der Waals surface area contributed by atoms with Gasteiger partial charge in [-0.2, -0.15) is 0 Å². The summed E-state index contributed by atoms with van der Waals surface area (Å²) in [7, 11) is 3.94. The zero-order valence-electron chi connectivity index (χ0n) is 12.8. The Balaban J connectivity index is 2.47. The molecule has 1 atom stereocenters. The first kappa shape index (κ1) is 16.2. The highest BCUT2D eigenvalue weighted by Gasteiger charge is 2.11. The second-order valence-electron chi connectivity index (χ2n) is 5.23. The van der Waals surface area contributed by atoms with Gasteiger partial charge in [-0.1, -0.05) is 31.2 Å². The van der Waals surface area contributed by atoms with Crippen molar-refractivity contribution < 1.29 is 4.74 Å². The second kappa shape index (κ2) is 9.08. The summed E-state index contributed by atoms with van der Waals surface area (Å²) in [5, 5.41) is 3.53. The third-order valence-corrected chi connectivity index (χ3v) is 3.28. The van der Waals surface area contributed by atoms with Crippen molar-refractivity contribution in [1.82, 2.24) is 10.2 Å². The molecule has 0 amide bonds. The Bertz CT molecular complexity index is 354. The summed E-state index contributed by atoms with van der Waals surface area (Å²) in [5.41, 5.74) is 2.76. The zero-order chi connectivity index (χ0) is 14.1. The molecule has 0 bridgehead atoms. The first-order chi connectivity index (χ1) is 9.17. The van der Waals surface area contributed by atoms with E-state index in [-0.39, 0.29) is 0 Å². The predicted octanol–water partition coefficient (Wildman–Crippen LogP) is 2.44. The Morgan fingerprint density at radius 1 is 1.32 bits per heavy atom. The topological polar surface area (TPSA) is 24.5 Å². The molecule has 1 N–H and O–H groups in total. The summed E-state index contributed by atoms with van der Waals surface area (Å²) >= 11 is 0. The van der Waals surface area contributed by atoms with Crippen LogP contribution in [0.25, 0.3) is 0 Å². The number of hydrogen-bond acceptors (Lipinski definition) is 3. The van der Waals surface area contributed by atoms with Gasteiger partial charge in [-0.3, -0.25) is 0 Å². The molecule has 0 aromatic heterocycles. The predicted molar refractivity (Wildman–Crippen MR) is 81.5 cm³/mol. The Hall–Kier alpha value is -0.900. The highest BCUT2D eigenvalue weighted by Crippen LogP contribution is 2.09. The number of aryl methyl sites for hydroxylation is 1. The summed E-state index contributed by atoms with van der Waals surface area (Å²) in [6.07, 6.45) is 1.15. The monoisotopic (exact) mass is 264 g/mol. The molecule has 0 spiro atoms. The summed E-state index contributed by atoms with van der Waals surface area (Å²) in [5.74, 6) is 0. The molecule has 0 aliphatic rings.